The molecule has 1 aromatic heterocycles. The van der Waals surface area contributed by atoms with Gasteiger partial charge in [-0.15, -0.1) is 5.10 Å². The van der Waals surface area contributed by atoms with Crippen LogP contribution < -0.4 is 10.1 Å². The first-order chi connectivity index (χ1) is 12.2. The molecule has 25 heavy (non-hydrogen) atoms. The number of anilines is 1. The van der Waals surface area contributed by atoms with Crippen LogP contribution in [0.5, 0.6) is 5.75 Å². The fourth-order valence-corrected chi connectivity index (χ4v) is 2.42. The molecule has 1 heterocycles. The highest BCUT2D eigenvalue weighted by Gasteiger charge is 2.08. The van der Waals surface area contributed by atoms with Crippen LogP contribution in [0.3, 0.4) is 0 Å². The molecular weight excluding hydrogens is 386 g/mol. The number of nitrogens with zero attached hydrogens (tertiary/aromatic N) is 4. The second-order valence-electron chi connectivity index (χ2n) is 5.18. The van der Waals surface area contributed by atoms with Crippen molar-refractivity contribution < 1.29 is 9.53 Å². The Morgan fingerprint density at radius 3 is 2.56 bits per heavy atom. The van der Waals surface area contributed by atoms with E-state index in [1.54, 1.807) is 28.9 Å². The van der Waals surface area contributed by atoms with Crippen LogP contribution in [0.4, 0.5) is 5.69 Å². The molecule has 1 N–H and O–H groups in total. The van der Waals surface area contributed by atoms with Gasteiger partial charge in [0, 0.05) is 22.3 Å². The van der Waals surface area contributed by atoms with Crippen LogP contribution in [0, 0.1) is 0 Å². The van der Waals surface area contributed by atoms with Crippen molar-refractivity contribution in [2.75, 3.05) is 5.32 Å². The smallest absolute Gasteiger partial charge is 0.255 e. The Bertz CT molecular complexity index is 846. The number of aryl methyl sites for hydroxylation is 1. The molecule has 0 aliphatic rings. The van der Waals surface area contributed by atoms with Gasteiger partial charge in [0.1, 0.15) is 12.4 Å². The molecule has 3 aromatic rings. The zero-order chi connectivity index (χ0) is 17.6. The van der Waals surface area contributed by atoms with Crippen molar-refractivity contribution in [3.63, 3.8) is 0 Å². The molecule has 0 aliphatic heterocycles. The number of tetrazole rings is 1. The molecule has 3 rings (SSSR count). The van der Waals surface area contributed by atoms with E-state index in [4.69, 9.17) is 4.74 Å². The van der Waals surface area contributed by atoms with E-state index in [1.165, 1.54) is 0 Å². The minimum Gasteiger partial charge on any atom is -0.486 e. The van der Waals surface area contributed by atoms with Gasteiger partial charge in [0.05, 0.1) is 0 Å². The molecule has 0 radical (unpaired) electrons. The molecule has 0 unspecified atom stereocenters. The van der Waals surface area contributed by atoms with Crippen molar-refractivity contribution >= 4 is 27.5 Å². The second-order valence-corrected chi connectivity index (χ2v) is 6.10. The number of aromatic nitrogens is 4. The maximum atomic E-state index is 12.2. The summed E-state index contributed by atoms with van der Waals surface area (Å²) < 4.78 is 8.28. The van der Waals surface area contributed by atoms with Gasteiger partial charge in [-0.1, -0.05) is 15.9 Å². The first-order valence-corrected chi connectivity index (χ1v) is 8.50. The Morgan fingerprint density at radius 1 is 1.16 bits per heavy atom. The number of benzene rings is 2. The van der Waals surface area contributed by atoms with Crippen molar-refractivity contribution in [2.45, 2.75) is 20.1 Å². The minimum atomic E-state index is -0.177. The molecule has 0 saturated heterocycles. The zero-order valence-electron chi connectivity index (χ0n) is 13.5. The number of rotatable bonds is 6. The van der Waals surface area contributed by atoms with Crippen LogP contribution in [-0.2, 0) is 13.2 Å². The Labute approximate surface area is 153 Å². The normalized spacial score (nSPS) is 10.5. The third-order valence-corrected chi connectivity index (χ3v) is 4.02. The highest BCUT2D eigenvalue weighted by atomic mass is 79.9. The first-order valence-electron chi connectivity index (χ1n) is 7.70. The lowest BCUT2D eigenvalue weighted by Gasteiger charge is -2.08. The number of halogens is 1. The van der Waals surface area contributed by atoms with Crippen LogP contribution in [0.25, 0.3) is 0 Å². The van der Waals surface area contributed by atoms with Gasteiger partial charge in [-0.25, -0.2) is 4.68 Å². The second kappa shape index (κ2) is 7.89. The molecule has 0 spiro atoms. The van der Waals surface area contributed by atoms with E-state index in [0.717, 1.165) is 10.2 Å². The number of carbonyl (C=O) groups is 1. The molecule has 128 valence electrons. The summed E-state index contributed by atoms with van der Waals surface area (Å²) >= 11 is 3.36. The lowest BCUT2D eigenvalue weighted by Crippen LogP contribution is -2.11. The molecule has 8 heteroatoms. The Morgan fingerprint density at radius 2 is 1.88 bits per heavy atom. The van der Waals surface area contributed by atoms with Crippen molar-refractivity contribution in [1.29, 1.82) is 0 Å². The predicted molar refractivity (Wildman–Crippen MR) is 96.4 cm³/mol. The van der Waals surface area contributed by atoms with Crippen LogP contribution in [0.15, 0.2) is 53.0 Å². The minimum absolute atomic E-state index is 0.177. The van der Waals surface area contributed by atoms with E-state index in [9.17, 15) is 4.79 Å². The Balaban J connectivity index is 1.59. The van der Waals surface area contributed by atoms with E-state index in [2.05, 4.69) is 36.8 Å². The van der Waals surface area contributed by atoms with Crippen LogP contribution >= 0.6 is 15.9 Å². The van der Waals surface area contributed by atoms with Gasteiger partial charge in [-0.05, 0) is 65.9 Å². The molecule has 0 atom stereocenters. The summed E-state index contributed by atoms with van der Waals surface area (Å²) in [6, 6.07) is 14.3. The summed E-state index contributed by atoms with van der Waals surface area (Å²) in [7, 11) is 0. The van der Waals surface area contributed by atoms with Crippen LogP contribution in [-0.4, -0.2) is 26.1 Å². The third kappa shape index (κ3) is 4.42. The van der Waals surface area contributed by atoms with E-state index in [0.29, 0.717) is 23.7 Å². The lowest BCUT2D eigenvalue weighted by atomic mass is 10.2. The summed E-state index contributed by atoms with van der Waals surface area (Å²) in [6.45, 7) is 2.91. The standard InChI is InChI=1S/C17H16BrN5O2/c1-2-23-16(20-21-22-23)11-25-15-9-3-12(4-10-15)17(24)19-14-7-5-13(18)6-8-14/h3-10H,2,11H2,1H3,(H,19,24). The lowest BCUT2D eigenvalue weighted by molar-refractivity contribution is 0.102. The number of carbonyl (C=O) groups excluding carboxylic acids is 1. The SMILES string of the molecule is CCn1nnnc1COc1ccc(C(=O)Nc2ccc(Br)cc2)cc1. The molecule has 0 saturated carbocycles. The number of hydrogen-bond acceptors (Lipinski definition) is 5. The molecule has 0 bridgehead atoms. The van der Waals surface area contributed by atoms with Crippen molar-refractivity contribution in [3.05, 3.63) is 64.4 Å². The van der Waals surface area contributed by atoms with E-state index >= 15 is 0 Å². The van der Waals surface area contributed by atoms with Crippen molar-refractivity contribution in [2.24, 2.45) is 0 Å². The summed E-state index contributed by atoms with van der Waals surface area (Å²) in [6.07, 6.45) is 0. The average molecular weight is 402 g/mol. The zero-order valence-corrected chi connectivity index (χ0v) is 15.1. The van der Waals surface area contributed by atoms with Crippen LogP contribution in [0.2, 0.25) is 0 Å². The highest BCUT2D eigenvalue weighted by Crippen LogP contribution is 2.17. The van der Waals surface area contributed by atoms with E-state index < -0.39 is 0 Å². The van der Waals surface area contributed by atoms with Gasteiger partial charge < -0.3 is 10.1 Å². The van der Waals surface area contributed by atoms with E-state index in [1.807, 2.05) is 31.2 Å². The van der Waals surface area contributed by atoms with Gasteiger partial charge in [0.2, 0.25) is 0 Å². The highest BCUT2D eigenvalue weighted by molar-refractivity contribution is 9.10. The van der Waals surface area contributed by atoms with E-state index in [-0.39, 0.29) is 12.5 Å². The molecular formula is C17H16BrN5O2. The van der Waals surface area contributed by atoms with Crippen molar-refractivity contribution in [1.82, 2.24) is 20.2 Å². The number of amides is 1. The predicted octanol–water partition coefficient (Wildman–Crippen LogP) is 3.29. The summed E-state index contributed by atoms with van der Waals surface area (Å²) in [5, 5.41) is 14.2. The fraction of sp³-hybridized carbons (Fsp3) is 0.176. The molecule has 0 fully saturated rings. The monoisotopic (exact) mass is 401 g/mol. The van der Waals surface area contributed by atoms with Gasteiger partial charge in [-0.2, -0.15) is 0 Å². The summed E-state index contributed by atoms with van der Waals surface area (Å²) in [4.78, 5) is 12.2. The fourth-order valence-electron chi connectivity index (χ4n) is 2.16. The molecule has 7 nitrogen and oxygen atoms in total. The van der Waals surface area contributed by atoms with Crippen LogP contribution in [0.1, 0.15) is 23.1 Å². The summed E-state index contributed by atoms with van der Waals surface area (Å²) in [5.41, 5.74) is 1.29. The van der Waals surface area contributed by atoms with Crippen molar-refractivity contribution in [3.8, 4) is 5.75 Å². The third-order valence-electron chi connectivity index (χ3n) is 3.49. The maximum absolute atomic E-state index is 12.2. The quantitative estimate of drug-likeness (QED) is 0.684. The largest absolute Gasteiger partial charge is 0.486 e. The topological polar surface area (TPSA) is 81.9 Å². The summed E-state index contributed by atoms with van der Waals surface area (Å²) in [5.74, 6) is 1.12. The molecule has 2 aromatic carbocycles. The van der Waals surface area contributed by atoms with Gasteiger partial charge in [0.25, 0.3) is 5.91 Å². The first kappa shape index (κ1) is 17.1. The molecule has 0 aliphatic carbocycles. The maximum Gasteiger partial charge on any atom is 0.255 e. The molecule has 1 amide bonds. The average Bonchev–Trinajstić information content (AvgIpc) is 3.10. The number of nitrogens with one attached hydrogen (secondary N) is 1. The Hall–Kier alpha value is -2.74. The van der Waals surface area contributed by atoms with Gasteiger partial charge in [-0.3, -0.25) is 4.79 Å². The number of ether oxygens (including phenoxy) is 1. The number of hydrogen-bond donors (Lipinski definition) is 1. The Kier molecular flexibility index (Phi) is 5.39. The van der Waals surface area contributed by atoms with Gasteiger partial charge >= 0.3 is 0 Å². The van der Waals surface area contributed by atoms with Gasteiger partial charge in [0.15, 0.2) is 5.82 Å².